The second-order valence-electron chi connectivity index (χ2n) is 6.10. The van der Waals surface area contributed by atoms with E-state index in [2.05, 4.69) is 59.7 Å². The van der Waals surface area contributed by atoms with E-state index in [1.165, 1.54) is 20.7 Å². The van der Waals surface area contributed by atoms with Crippen LogP contribution in [0.1, 0.15) is 21.4 Å². The molecule has 0 bridgehead atoms. The highest BCUT2D eigenvalue weighted by atomic mass is 32.1. The van der Waals surface area contributed by atoms with Crippen molar-refractivity contribution in [1.82, 2.24) is 15.2 Å². The topological polar surface area (TPSA) is 28.2 Å². The second-order valence-corrected chi connectivity index (χ2v) is 7.42. The Kier molecular flexibility index (Phi) is 4.12. The Labute approximate surface area is 141 Å². The van der Waals surface area contributed by atoms with E-state index in [1.807, 2.05) is 17.4 Å². The third-order valence-electron chi connectivity index (χ3n) is 4.47. The molecule has 1 aliphatic heterocycles. The van der Waals surface area contributed by atoms with Gasteiger partial charge < -0.3 is 5.32 Å². The van der Waals surface area contributed by atoms with E-state index in [0.29, 0.717) is 6.04 Å². The number of hydrogen-bond acceptors (Lipinski definition) is 4. The third kappa shape index (κ3) is 3.02. The van der Waals surface area contributed by atoms with Gasteiger partial charge in [0.15, 0.2) is 0 Å². The molecule has 0 radical (unpaired) electrons. The van der Waals surface area contributed by atoms with Gasteiger partial charge in [-0.25, -0.2) is 0 Å². The number of fused-ring (bicyclic) bond motifs is 1. The Balaban J connectivity index is 1.78. The van der Waals surface area contributed by atoms with Gasteiger partial charge in [-0.1, -0.05) is 18.2 Å². The maximum Gasteiger partial charge on any atom is 0.0712 e. The van der Waals surface area contributed by atoms with Gasteiger partial charge in [0.05, 0.1) is 11.6 Å². The van der Waals surface area contributed by atoms with Gasteiger partial charge in [-0.15, -0.1) is 11.3 Å². The predicted octanol–water partition coefficient (Wildman–Crippen LogP) is 3.60. The summed E-state index contributed by atoms with van der Waals surface area (Å²) in [6, 6.07) is 15.5. The van der Waals surface area contributed by atoms with Crippen LogP contribution in [-0.2, 0) is 0 Å². The first kappa shape index (κ1) is 14.8. The average Bonchev–Trinajstić information content (AvgIpc) is 3.02. The van der Waals surface area contributed by atoms with Crippen LogP contribution in [0.3, 0.4) is 0 Å². The molecule has 0 aliphatic carbocycles. The van der Waals surface area contributed by atoms with Gasteiger partial charge in [0.25, 0.3) is 0 Å². The van der Waals surface area contributed by atoms with Gasteiger partial charge in [0, 0.05) is 47.5 Å². The molecule has 4 rings (SSSR count). The van der Waals surface area contributed by atoms with Gasteiger partial charge in [-0.2, -0.15) is 0 Å². The fraction of sp³-hybridized carbons (Fsp3) is 0.316. The lowest BCUT2D eigenvalue weighted by Crippen LogP contribution is -2.45. The van der Waals surface area contributed by atoms with Crippen molar-refractivity contribution < 1.29 is 0 Å². The molecule has 0 saturated carbocycles. The van der Waals surface area contributed by atoms with Crippen LogP contribution in [0.4, 0.5) is 0 Å². The SMILES string of the molecule is Cc1ccc(C(c2cnc3ccccc3c2)N2CCNCC2)s1. The minimum absolute atomic E-state index is 0.313. The normalized spacial score (nSPS) is 17.4. The van der Waals surface area contributed by atoms with Crippen molar-refractivity contribution in [2.75, 3.05) is 26.2 Å². The molecule has 4 heteroatoms. The number of piperazine rings is 1. The lowest BCUT2D eigenvalue weighted by Gasteiger charge is -2.34. The van der Waals surface area contributed by atoms with Crippen LogP contribution in [0.15, 0.2) is 48.7 Å². The van der Waals surface area contributed by atoms with Crippen LogP contribution in [0.2, 0.25) is 0 Å². The number of pyridine rings is 1. The van der Waals surface area contributed by atoms with Crippen molar-refractivity contribution in [3.05, 3.63) is 64.0 Å². The highest BCUT2D eigenvalue weighted by molar-refractivity contribution is 7.12. The molecule has 0 spiro atoms. The summed E-state index contributed by atoms with van der Waals surface area (Å²) < 4.78 is 0. The number of nitrogens with one attached hydrogen (secondary N) is 1. The highest BCUT2D eigenvalue weighted by Gasteiger charge is 2.25. The Morgan fingerprint density at radius 2 is 1.96 bits per heavy atom. The van der Waals surface area contributed by atoms with Crippen molar-refractivity contribution in [2.24, 2.45) is 0 Å². The van der Waals surface area contributed by atoms with E-state index in [9.17, 15) is 0 Å². The average molecular weight is 323 g/mol. The molecule has 1 atom stereocenters. The van der Waals surface area contributed by atoms with Crippen LogP contribution in [0, 0.1) is 6.92 Å². The number of aromatic nitrogens is 1. The standard InChI is InChI=1S/C19H21N3S/c1-14-6-7-18(23-14)19(22-10-8-20-9-11-22)16-12-15-4-2-3-5-17(15)21-13-16/h2-7,12-13,19-20H,8-11H2,1H3. The van der Waals surface area contributed by atoms with Crippen LogP contribution < -0.4 is 5.32 Å². The molecule has 0 amide bonds. The van der Waals surface area contributed by atoms with Crippen molar-refractivity contribution in [1.29, 1.82) is 0 Å². The lowest BCUT2D eigenvalue weighted by molar-refractivity contribution is 0.200. The van der Waals surface area contributed by atoms with Gasteiger partial charge in [-0.3, -0.25) is 9.88 Å². The summed E-state index contributed by atoms with van der Waals surface area (Å²) in [5.74, 6) is 0. The fourth-order valence-electron chi connectivity index (χ4n) is 3.33. The molecule has 1 saturated heterocycles. The number of benzene rings is 1. The number of para-hydroxylation sites is 1. The third-order valence-corrected chi connectivity index (χ3v) is 5.53. The molecule has 1 aliphatic rings. The summed E-state index contributed by atoms with van der Waals surface area (Å²) in [5, 5.41) is 4.67. The number of rotatable bonds is 3. The summed E-state index contributed by atoms with van der Waals surface area (Å²) in [7, 11) is 0. The van der Waals surface area contributed by atoms with E-state index in [0.717, 1.165) is 31.7 Å². The Bertz CT molecular complexity index is 805. The highest BCUT2D eigenvalue weighted by Crippen LogP contribution is 2.34. The van der Waals surface area contributed by atoms with Gasteiger partial charge in [-0.05, 0) is 36.8 Å². The molecule has 1 N–H and O–H groups in total. The maximum atomic E-state index is 4.69. The molecule has 3 nitrogen and oxygen atoms in total. The molecule has 23 heavy (non-hydrogen) atoms. The van der Waals surface area contributed by atoms with Crippen LogP contribution in [0.5, 0.6) is 0 Å². The Morgan fingerprint density at radius 3 is 2.74 bits per heavy atom. The first-order valence-electron chi connectivity index (χ1n) is 8.17. The predicted molar refractivity (Wildman–Crippen MR) is 97.1 cm³/mol. The molecule has 1 unspecified atom stereocenters. The molecular weight excluding hydrogens is 302 g/mol. The first-order chi connectivity index (χ1) is 11.3. The quantitative estimate of drug-likeness (QED) is 0.798. The Morgan fingerprint density at radius 1 is 1.13 bits per heavy atom. The smallest absolute Gasteiger partial charge is 0.0712 e. The zero-order chi connectivity index (χ0) is 15.6. The van der Waals surface area contributed by atoms with Crippen molar-refractivity contribution in [3.63, 3.8) is 0 Å². The van der Waals surface area contributed by atoms with E-state index < -0.39 is 0 Å². The summed E-state index contributed by atoms with van der Waals surface area (Å²) in [5.41, 5.74) is 2.37. The number of thiophene rings is 1. The van der Waals surface area contributed by atoms with E-state index >= 15 is 0 Å². The molecule has 1 fully saturated rings. The summed E-state index contributed by atoms with van der Waals surface area (Å²) in [6.07, 6.45) is 2.06. The first-order valence-corrected chi connectivity index (χ1v) is 8.99. The second kappa shape index (κ2) is 6.40. The monoisotopic (exact) mass is 323 g/mol. The minimum atomic E-state index is 0.313. The number of aryl methyl sites for hydroxylation is 1. The van der Waals surface area contributed by atoms with Crippen molar-refractivity contribution in [2.45, 2.75) is 13.0 Å². The molecule has 3 aromatic rings. The number of nitrogens with zero attached hydrogens (tertiary/aromatic N) is 2. The summed E-state index contributed by atoms with van der Waals surface area (Å²) in [6.45, 7) is 6.45. The van der Waals surface area contributed by atoms with Gasteiger partial charge in [0.2, 0.25) is 0 Å². The van der Waals surface area contributed by atoms with Crippen molar-refractivity contribution >= 4 is 22.2 Å². The van der Waals surface area contributed by atoms with E-state index in [-0.39, 0.29) is 0 Å². The molecular formula is C19H21N3S. The molecule has 118 valence electrons. The van der Waals surface area contributed by atoms with Crippen LogP contribution in [0.25, 0.3) is 10.9 Å². The lowest BCUT2D eigenvalue weighted by atomic mass is 10.0. The zero-order valence-electron chi connectivity index (χ0n) is 13.3. The van der Waals surface area contributed by atoms with E-state index in [4.69, 9.17) is 4.98 Å². The number of hydrogen-bond donors (Lipinski definition) is 1. The van der Waals surface area contributed by atoms with E-state index in [1.54, 1.807) is 0 Å². The zero-order valence-corrected chi connectivity index (χ0v) is 14.1. The Hall–Kier alpha value is -1.75. The van der Waals surface area contributed by atoms with Gasteiger partial charge in [0.1, 0.15) is 0 Å². The van der Waals surface area contributed by atoms with Gasteiger partial charge >= 0.3 is 0 Å². The summed E-state index contributed by atoms with van der Waals surface area (Å²) >= 11 is 1.90. The molecule has 1 aromatic carbocycles. The fourth-order valence-corrected chi connectivity index (χ4v) is 4.37. The van der Waals surface area contributed by atoms with Crippen LogP contribution in [-0.4, -0.2) is 36.1 Å². The molecule has 3 heterocycles. The maximum absolute atomic E-state index is 4.69. The summed E-state index contributed by atoms with van der Waals surface area (Å²) in [4.78, 5) is 10.1. The largest absolute Gasteiger partial charge is 0.314 e. The molecule has 2 aromatic heterocycles. The minimum Gasteiger partial charge on any atom is -0.314 e. The van der Waals surface area contributed by atoms with Crippen LogP contribution >= 0.6 is 11.3 Å². The van der Waals surface area contributed by atoms with Crippen molar-refractivity contribution in [3.8, 4) is 0 Å².